The molecule has 4 rings (SSSR count). The van der Waals surface area contributed by atoms with Crippen LogP contribution in [0.1, 0.15) is 36.1 Å². The fraction of sp³-hybridized carbons (Fsp3) is 0.216. The molecule has 0 radical (unpaired) electrons. The molecular weight excluding hydrogens is 673 g/mol. The molecule has 0 aliphatic heterocycles. The first-order valence-corrected chi connectivity index (χ1v) is 16.4. The molecule has 0 aromatic heterocycles. The summed E-state index contributed by atoms with van der Waals surface area (Å²) in [4.78, 5) is 26.6. The Labute approximate surface area is 295 Å². The largest absolute Gasteiger partial charge is 0.490 e. The van der Waals surface area contributed by atoms with Crippen molar-refractivity contribution in [3.63, 3.8) is 0 Å². The zero-order valence-electron chi connectivity index (χ0n) is 26.6. The molecule has 4 aromatic rings. The van der Waals surface area contributed by atoms with Gasteiger partial charge in [-0.25, -0.2) is 5.43 Å². The summed E-state index contributed by atoms with van der Waals surface area (Å²) >= 11 is 18.5. The molecule has 0 unspecified atom stereocenters. The molecule has 0 fully saturated rings. The average molecular weight is 709 g/mol. The SMILES string of the molecule is C=CCc1cc(/C=N\NC(=O)[C@@H](Cc2ccccc2)NC(=O)[C@@H](C)Oc2ccc(Cl)cc2Cl)cc(OCC)c1OCc1ccccc1Cl. The van der Waals surface area contributed by atoms with E-state index in [0.29, 0.717) is 45.9 Å². The van der Waals surface area contributed by atoms with E-state index in [1.54, 1.807) is 31.2 Å². The van der Waals surface area contributed by atoms with Crippen molar-refractivity contribution in [2.75, 3.05) is 6.61 Å². The van der Waals surface area contributed by atoms with Crippen LogP contribution in [0.25, 0.3) is 0 Å². The second-order valence-electron chi connectivity index (χ2n) is 10.6. The third-order valence-electron chi connectivity index (χ3n) is 7.02. The highest BCUT2D eigenvalue weighted by Gasteiger charge is 2.25. The Bertz CT molecular complexity index is 1750. The number of amides is 2. The normalized spacial score (nSPS) is 12.2. The maximum absolute atomic E-state index is 13.4. The van der Waals surface area contributed by atoms with Gasteiger partial charge in [0.25, 0.3) is 11.8 Å². The first kappa shape index (κ1) is 36.3. The van der Waals surface area contributed by atoms with Crippen LogP contribution in [0.15, 0.2) is 103 Å². The Morgan fingerprint density at radius 2 is 1.62 bits per heavy atom. The molecule has 8 nitrogen and oxygen atoms in total. The van der Waals surface area contributed by atoms with Crippen LogP contribution in [-0.2, 0) is 29.0 Å². The summed E-state index contributed by atoms with van der Waals surface area (Å²) < 4.78 is 17.9. The number of ether oxygens (including phenoxy) is 3. The second kappa shape index (κ2) is 18.2. The number of carbonyl (C=O) groups is 2. The number of allylic oxidation sites excluding steroid dienone is 1. The third kappa shape index (κ3) is 10.5. The molecule has 0 aliphatic carbocycles. The van der Waals surface area contributed by atoms with Crippen LogP contribution in [0.2, 0.25) is 15.1 Å². The number of rotatable bonds is 16. The average Bonchev–Trinajstić information content (AvgIpc) is 3.06. The fourth-order valence-electron chi connectivity index (χ4n) is 4.67. The number of hydrogen-bond donors (Lipinski definition) is 2. The summed E-state index contributed by atoms with van der Waals surface area (Å²) in [7, 11) is 0. The van der Waals surface area contributed by atoms with E-state index in [-0.39, 0.29) is 18.1 Å². The molecule has 11 heteroatoms. The standard InChI is InChI=1S/C37H36Cl3N3O5/c1-4-11-27-18-26(20-34(46-5-2)35(27)47-23-28-14-9-10-15-30(28)39)22-41-43-37(45)32(19-25-12-7-6-8-13-25)42-36(44)24(3)48-33-17-16-29(38)21-31(33)40/h4,6-10,12-18,20-22,24,32H,1,5,11,19,23H2,2-3H3,(H,42,44)(H,43,45)/b41-22-/t24-,32-/m1/s1. The molecule has 0 bridgehead atoms. The number of hydrogen-bond acceptors (Lipinski definition) is 6. The van der Waals surface area contributed by atoms with Crippen molar-refractivity contribution in [1.82, 2.24) is 10.7 Å². The van der Waals surface area contributed by atoms with Gasteiger partial charge >= 0.3 is 0 Å². The van der Waals surface area contributed by atoms with Gasteiger partial charge in [-0.05, 0) is 67.8 Å². The van der Waals surface area contributed by atoms with Crippen molar-refractivity contribution in [2.45, 2.75) is 45.4 Å². The molecule has 0 aliphatic rings. The lowest BCUT2D eigenvalue weighted by Crippen LogP contribution is -2.50. The van der Waals surface area contributed by atoms with E-state index in [9.17, 15) is 9.59 Å². The summed E-state index contributed by atoms with van der Waals surface area (Å²) in [6, 6.07) is 24.2. The van der Waals surface area contributed by atoms with Crippen LogP contribution < -0.4 is 25.0 Å². The summed E-state index contributed by atoms with van der Waals surface area (Å²) in [5.74, 6) is 0.348. The minimum atomic E-state index is -0.961. The third-order valence-corrected chi connectivity index (χ3v) is 7.92. The number of benzene rings is 4. The Hall–Kier alpha value is -4.50. The predicted octanol–water partition coefficient (Wildman–Crippen LogP) is 8.00. The van der Waals surface area contributed by atoms with Crippen LogP contribution in [-0.4, -0.2) is 36.8 Å². The van der Waals surface area contributed by atoms with Gasteiger partial charge in [-0.1, -0.05) is 89.4 Å². The Morgan fingerprint density at radius 1 is 0.875 bits per heavy atom. The van der Waals surface area contributed by atoms with Crippen molar-refractivity contribution in [1.29, 1.82) is 0 Å². The van der Waals surface area contributed by atoms with Gasteiger partial charge in [0.2, 0.25) is 0 Å². The lowest BCUT2D eigenvalue weighted by atomic mass is 10.1. The summed E-state index contributed by atoms with van der Waals surface area (Å²) in [5.41, 5.74) is 5.73. The van der Waals surface area contributed by atoms with Gasteiger partial charge in [0.05, 0.1) is 17.8 Å². The highest BCUT2D eigenvalue weighted by molar-refractivity contribution is 6.35. The van der Waals surface area contributed by atoms with Gasteiger partial charge < -0.3 is 19.5 Å². The summed E-state index contributed by atoms with van der Waals surface area (Å²) in [5, 5.41) is 8.29. The molecule has 48 heavy (non-hydrogen) atoms. The van der Waals surface area contributed by atoms with Gasteiger partial charge in [0, 0.05) is 27.6 Å². The van der Waals surface area contributed by atoms with E-state index < -0.39 is 24.0 Å². The first-order valence-electron chi connectivity index (χ1n) is 15.2. The molecular formula is C37H36Cl3N3O5. The van der Waals surface area contributed by atoms with E-state index in [2.05, 4.69) is 22.4 Å². The van der Waals surface area contributed by atoms with Gasteiger partial charge in [0.1, 0.15) is 18.4 Å². The van der Waals surface area contributed by atoms with E-state index in [4.69, 9.17) is 49.0 Å². The summed E-state index contributed by atoms with van der Waals surface area (Å²) in [6.07, 6.45) is 3.02. The van der Waals surface area contributed by atoms with Crippen molar-refractivity contribution in [3.05, 3.63) is 135 Å². The molecule has 4 aromatic carbocycles. The number of halogens is 3. The lowest BCUT2D eigenvalue weighted by Gasteiger charge is -2.21. The molecule has 2 amide bonds. The van der Waals surface area contributed by atoms with E-state index >= 15 is 0 Å². The maximum atomic E-state index is 13.4. The quantitative estimate of drug-likeness (QED) is 0.0699. The smallest absolute Gasteiger partial charge is 0.262 e. The monoisotopic (exact) mass is 707 g/mol. The topological polar surface area (TPSA) is 98.3 Å². The van der Waals surface area contributed by atoms with Gasteiger partial charge in [0.15, 0.2) is 17.6 Å². The number of nitrogens with one attached hydrogen (secondary N) is 2. The van der Waals surface area contributed by atoms with Crippen LogP contribution in [0.5, 0.6) is 17.2 Å². The number of hydrazone groups is 1. The van der Waals surface area contributed by atoms with E-state index in [0.717, 1.165) is 16.7 Å². The van der Waals surface area contributed by atoms with Crippen molar-refractivity contribution >= 4 is 52.8 Å². The predicted molar refractivity (Wildman–Crippen MR) is 192 cm³/mol. The minimum Gasteiger partial charge on any atom is -0.490 e. The van der Waals surface area contributed by atoms with Gasteiger partial charge in [-0.15, -0.1) is 6.58 Å². The molecule has 0 spiro atoms. The fourth-order valence-corrected chi connectivity index (χ4v) is 5.31. The van der Waals surface area contributed by atoms with Crippen molar-refractivity contribution in [3.8, 4) is 17.2 Å². The zero-order valence-corrected chi connectivity index (χ0v) is 28.8. The highest BCUT2D eigenvalue weighted by atomic mass is 35.5. The van der Waals surface area contributed by atoms with Gasteiger partial charge in [-0.3, -0.25) is 9.59 Å². The highest BCUT2D eigenvalue weighted by Crippen LogP contribution is 2.35. The molecule has 250 valence electrons. The molecule has 2 atom stereocenters. The molecule has 2 N–H and O–H groups in total. The maximum Gasteiger partial charge on any atom is 0.262 e. The Kier molecular flexibility index (Phi) is 13.7. The van der Waals surface area contributed by atoms with Crippen LogP contribution in [0.3, 0.4) is 0 Å². The molecule has 0 heterocycles. The summed E-state index contributed by atoms with van der Waals surface area (Å²) in [6.45, 7) is 7.97. The van der Waals surface area contributed by atoms with E-state index in [1.165, 1.54) is 12.3 Å². The van der Waals surface area contributed by atoms with E-state index in [1.807, 2.05) is 67.6 Å². The lowest BCUT2D eigenvalue weighted by molar-refractivity contribution is -0.132. The minimum absolute atomic E-state index is 0.220. The zero-order chi connectivity index (χ0) is 34.5. The van der Waals surface area contributed by atoms with Crippen LogP contribution >= 0.6 is 34.8 Å². The van der Waals surface area contributed by atoms with Crippen molar-refractivity contribution in [2.24, 2.45) is 5.10 Å². The first-order chi connectivity index (χ1) is 23.2. The number of carbonyl (C=O) groups excluding carboxylic acids is 2. The molecule has 0 saturated carbocycles. The van der Waals surface area contributed by atoms with Crippen LogP contribution in [0.4, 0.5) is 0 Å². The Morgan fingerprint density at radius 3 is 2.33 bits per heavy atom. The number of nitrogens with zero attached hydrogens (tertiary/aromatic N) is 1. The Balaban J connectivity index is 1.50. The molecule has 0 saturated heterocycles. The van der Waals surface area contributed by atoms with Gasteiger partial charge in [-0.2, -0.15) is 5.10 Å². The van der Waals surface area contributed by atoms with Crippen LogP contribution in [0, 0.1) is 0 Å². The van der Waals surface area contributed by atoms with Crippen molar-refractivity contribution < 1.29 is 23.8 Å². The second-order valence-corrected chi connectivity index (χ2v) is 11.9.